The van der Waals surface area contributed by atoms with Crippen LogP contribution in [0.3, 0.4) is 0 Å². The molecule has 0 fully saturated rings. The third kappa shape index (κ3) is 3.18. The number of nitrogens with zero attached hydrogens (tertiary/aromatic N) is 2. The molecule has 0 aliphatic rings. The Morgan fingerprint density at radius 3 is 2.39 bits per heavy atom. The van der Waals surface area contributed by atoms with Gasteiger partial charge in [-0.3, -0.25) is 0 Å². The molecular formula is C11H9ClN2O3S. The van der Waals surface area contributed by atoms with E-state index in [0.29, 0.717) is 11.6 Å². The Hall–Kier alpha value is -1.66. The summed E-state index contributed by atoms with van der Waals surface area (Å²) in [6.45, 7) is 0. The van der Waals surface area contributed by atoms with Crippen molar-refractivity contribution >= 4 is 21.4 Å². The number of halogens is 1. The SMILES string of the molecule is CS(=O)(=O)c1ccc(Oc2ccnc(Cl)n2)cc1. The van der Waals surface area contributed by atoms with E-state index in [0.717, 1.165) is 6.26 Å². The standard InChI is InChI=1S/C11H9ClN2O3S/c1-18(15,16)9-4-2-8(3-5-9)17-10-6-7-13-11(12)14-10/h2-7H,1H3. The molecule has 0 aliphatic carbocycles. The number of sulfone groups is 1. The molecule has 1 aromatic carbocycles. The van der Waals surface area contributed by atoms with E-state index in [2.05, 4.69) is 9.97 Å². The Balaban J connectivity index is 2.21. The summed E-state index contributed by atoms with van der Waals surface area (Å²) < 4.78 is 27.9. The van der Waals surface area contributed by atoms with E-state index < -0.39 is 9.84 Å². The van der Waals surface area contributed by atoms with Gasteiger partial charge in [0, 0.05) is 18.5 Å². The second-order valence-electron chi connectivity index (χ2n) is 3.51. The minimum atomic E-state index is -3.20. The summed E-state index contributed by atoms with van der Waals surface area (Å²) in [5.41, 5.74) is 0. The van der Waals surface area contributed by atoms with Crippen LogP contribution in [0.5, 0.6) is 11.6 Å². The Bertz CT molecular complexity index is 656. The van der Waals surface area contributed by atoms with Crippen molar-refractivity contribution < 1.29 is 13.2 Å². The van der Waals surface area contributed by atoms with Gasteiger partial charge in [-0.2, -0.15) is 4.98 Å². The minimum absolute atomic E-state index is 0.0836. The predicted molar refractivity (Wildman–Crippen MR) is 66.7 cm³/mol. The largest absolute Gasteiger partial charge is 0.439 e. The first-order chi connectivity index (χ1) is 8.45. The van der Waals surface area contributed by atoms with Crippen LogP contribution >= 0.6 is 11.6 Å². The van der Waals surface area contributed by atoms with Crippen LogP contribution < -0.4 is 4.74 Å². The lowest BCUT2D eigenvalue weighted by atomic mass is 10.3. The van der Waals surface area contributed by atoms with Gasteiger partial charge in [-0.05, 0) is 35.9 Å². The van der Waals surface area contributed by atoms with Crippen molar-refractivity contribution in [1.82, 2.24) is 9.97 Å². The molecule has 0 atom stereocenters. The zero-order valence-corrected chi connectivity index (χ0v) is 10.9. The van der Waals surface area contributed by atoms with E-state index in [4.69, 9.17) is 16.3 Å². The van der Waals surface area contributed by atoms with Crippen LogP contribution in [0.15, 0.2) is 41.4 Å². The first-order valence-corrected chi connectivity index (χ1v) is 7.18. The van der Waals surface area contributed by atoms with Crippen molar-refractivity contribution in [3.63, 3.8) is 0 Å². The first kappa shape index (κ1) is 12.8. The fraction of sp³-hybridized carbons (Fsp3) is 0.0909. The summed E-state index contributed by atoms with van der Waals surface area (Å²) in [6, 6.07) is 7.58. The third-order valence-corrected chi connectivity index (χ3v) is 3.39. The lowest BCUT2D eigenvalue weighted by Crippen LogP contribution is -1.96. The second-order valence-corrected chi connectivity index (χ2v) is 5.86. The van der Waals surface area contributed by atoms with Crippen LogP contribution in [-0.2, 0) is 9.84 Å². The molecule has 5 nitrogen and oxygen atoms in total. The molecule has 94 valence electrons. The van der Waals surface area contributed by atoms with Crippen LogP contribution in [0.2, 0.25) is 5.28 Å². The number of hydrogen-bond donors (Lipinski definition) is 0. The molecule has 0 aliphatic heterocycles. The molecule has 0 unspecified atom stereocenters. The maximum atomic E-state index is 11.3. The monoisotopic (exact) mass is 284 g/mol. The Labute approximate surface area is 109 Å². The van der Waals surface area contributed by atoms with Gasteiger partial charge in [0.15, 0.2) is 9.84 Å². The maximum Gasteiger partial charge on any atom is 0.225 e. The quantitative estimate of drug-likeness (QED) is 0.809. The fourth-order valence-electron chi connectivity index (χ4n) is 1.25. The summed E-state index contributed by atoms with van der Waals surface area (Å²) in [6.07, 6.45) is 2.61. The minimum Gasteiger partial charge on any atom is -0.439 e. The smallest absolute Gasteiger partial charge is 0.225 e. The summed E-state index contributed by atoms with van der Waals surface area (Å²) >= 11 is 5.61. The van der Waals surface area contributed by atoms with Gasteiger partial charge >= 0.3 is 0 Å². The van der Waals surface area contributed by atoms with Crippen molar-refractivity contribution in [3.8, 4) is 11.6 Å². The van der Waals surface area contributed by atoms with E-state index in [1.165, 1.54) is 18.3 Å². The maximum absolute atomic E-state index is 11.3. The lowest BCUT2D eigenvalue weighted by Gasteiger charge is -2.05. The molecule has 0 N–H and O–H groups in total. The Morgan fingerprint density at radius 2 is 1.83 bits per heavy atom. The third-order valence-electron chi connectivity index (χ3n) is 2.07. The molecule has 0 bridgehead atoms. The van der Waals surface area contributed by atoms with Gasteiger partial charge in [0.1, 0.15) is 5.75 Å². The van der Waals surface area contributed by atoms with Crippen molar-refractivity contribution in [2.75, 3.05) is 6.26 Å². The average Bonchev–Trinajstić information content (AvgIpc) is 2.28. The molecule has 18 heavy (non-hydrogen) atoms. The zero-order valence-electron chi connectivity index (χ0n) is 9.37. The van der Waals surface area contributed by atoms with E-state index in [1.807, 2.05) is 0 Å². The molecule has 0 spiro atoms. The van der Waals surface area contributed by atoms with Crippen molar-refractivity contribution in [2.45, 2.75) is 4.90 Å². The van der Waals surface area contributed by atoms with E-state index in [-0.39, 0.29) is 10.2 Å². The van der Waals surface area contributed by atoms with Gasteiger partial charge in [0.2, 0.25) is 11.2 Å². The molecule has 7 heteroatoms. The van der Waals surface area contributed by atoms with Crippen LogP contribution in [0, 0.1) is 0 Å². The Morgan fingerprint density at radius 1 is 1.17 bits per heavy atom. The number of benzene rings is 1. The van der Waals surface area contributed by atoms with Crippen molar-refractivity contribution in [1.29, 1.82) is 0 Å². The van der Waals surface area contributed by atoms with Gasteiger partial charge in [-0.25, -0.2) is 13.4 Å². The normalized spacial score (nSPS) is 11.2. The van der Waals surface area contributed by atoms with Gasteiger partial charge in [-0.15, -0.1) is 0 Å². The van der Waals surface area contributed by atoms with Crippen molar-refractivity contribution in [2.24, 2.45) is 0 Å². The van der Waals surface area contributed by atoms with Gasteiger partial charge in [0.05, 0.1) is 4.90 Å². The molecule has 0 saturated carbocycles. The van der Waals surface area contributed by atoms with Crippen molar-refractivity contribution in [3.05, 3.63) is 41.8 Å². The van der Waals surface area contributed by atoms with Gasteiger partial charge in [0.25, 0.3) is 0 Å². The second kappa shape index (κ2) is 4.91. The van der Waals surface area contributed by atoms with Gasteiger partial charge in [-0.1, -0.05) is 0 Å². The molecular weight excluding hydrogens is 276 g/mol. The van der Waals surface area contributed by atoms with Crippen LogP contribution in [0.1, 0.15) is 0 Å². The molecule has 0 saturated heterocycles. The van der Waals surface area contributed by atoms with E-state index >= 15 is 0 Å². The van der Waals surface area contributed by atoms with Crippen LogP contribution in [-0.4, -0.2) is 24.6 Å². The van der Waals surface area contributed by atoms with E-state index in [1.54, 1.807) is 18.2 Å². The highest BCUT2D eigenvalue weighted by Gasteiger charge is 2.07. The first-order valence-electron chi connectivity index (χ1n) is 4.92. The Kier molecular flexibility index (Phi) is 3.49. The van der Waals surface area contributed by atoms with Crippen LogP contribution in [0.4, 0.5) is 0 Å². The fourth-order valence-corrected chi connectivity index (χ4v) is 2.02. The number of hydrogen-bond acceptors (Lipinski definition) is 5. The molecule has 0 amide bonds. The average molecular weight is 285 g/mol. The van der Waals surface area contributed by atoms with Crippen LogP contribution in [0.25, 0.3) is 0 Å². The highest BCUT2D eigenvalue weighted by molar-refractivity contribution is 7.90. The molecule has 2 rings (SSSR count). The summed E-state index contributed by atoms with van der Waals surface area (Å²) in [7, 11) is -3.20. The summed E-state index contributed by atoms with van der Waals surface area (Å²) in [5, 5.41) is 0.0836. The highest BCUT2D eigenvalue weighted by atomic mass is 35.5. The predicted octanol–water partition coefficient (Wildman–Crippen LogP) is 2.33. The zero-order chi connectivity index (χ0) is 13.2. The molecule has 2 aromatic rings. The number of rotatable bonds is 3. The topological polar surface area (TPSA) is 69.2 Å². The summed E-state index contributed by atoms with van der Waals surface area (Å²) in [4.78, 5) is 7.81. The lowest BCUT2D eigenvalue weighted by molar-refractivity contribution is 0.461. The highest BCUT2D eigenvalue weighted by Crippen LogP contribution is 2.21. The van der Waals surface area contributed by atoms with E-state index in [9.17, 15) is 8.42 Å². The molecule has 0 radical (unpaired) electrons. The molecule has 1 heterocycles. The van der Waals surface area contributed by atoms with Gasteiger partial charge < -0.3 is 4.74 Å². The number of aromatic nitrogens is 2. The number of ether oxygens (including phenoxy) is 1. The molecule has 1 aromatic heterocycles. The summed E-state index contributed by atoms with van der Waals surface area (Å²) in [5.74, 6) is 0.763.